The maximum absolute atomic E-state index is 12.9. The maximum Gasteiger partial charge on any atom is 0.175 e. The molecule has 0 aliphatic heterocycles. The van der Waals surface area contributed by atoms with E-state index >= 15 is 0 Å². The van der Waals surface area contributed by atoms with Crippen molar-refractivity contribution in [1.82, 2.24) is 4.98 Å². The molecule has 0 saturated heterocycles. The fraction of sp³-hybridized carbons (Fsp3) is 0.100. The smallest absolute Gasteiger partial charge is 0.175 e. The van der Waals surface area contributed by atoms with Gasteiger partial charge in [-0.05, 0) is 17.7 Å². The Bertz CT molecular complexity index is 525. The molecule has 70 valence electrons. The van der Waals surface area contributed by atoms with Crippen molar-refractivity contribution in [2.75, 3.05) is 0 Å². The quantitative estimate of drug-likeness (QED) is 0.723. The summed E-state index contributed by atoms with van der Waals surface area (Å²) in [5, 5.41) is 18.6. The van der Waals surface area contributed by atoms with Gasteiger partial charge in [0.1, 0.15) is 0 Å². The van der Waals surface area contributed by atoms with Crippen molar-refractivity contribution >= 4 is 10.9 Å². The molecule has 0 aliphatic rings. The van der Waals surface area contributed by atoms with Crippen LogP contribution in [0.15, 0.2) is 18.3 Å². The van der Waals surface area contributed by atoms with Crippen molar-refractivity contribution < 1.29 is 9.50 Å². The Morgan fingerprint density at radius 2 is 2.29 bits per heavy atom. The second kappa shape index (κ2) is 3.04. The molecule has 2 rings (SSSR count). The number of rotatable bonds is 1. The van der Waals surface area contributed by atoms with Gasteiger partial charge in [-0.25, -0.2) is 4.39 Å². The molecule has 2 aromatic rings. The third kappa shape index (κ3) is 1.11. The van der Waals surface area contributed by atoms with Crippen LogP contribution in [0.1, 0.15) is 5.56 Å². The molecule has 0 radical (unpaired) electrons. The van der Waals surface area contributed by atoms with Gasteiger partial charge in [0.15, 0.2) is 11.6 Å². The van der Waals surface area contributed by atoms with Crippen LogP contribution in [0, 0.1) is 17.1 Å². The highest BCUT2D eigenvalue weighted by Crippen LogP contribution is 2.28. The molecule has 1 aromatic heterocycles. The molecular weight excluding hydrogens is 183 g/mol. The molecule has 1 aromatic carbocycles. The van der Waals surface area contributed by atoms with Crippen molar-refractivity contribution in [3.63, 3.8) is 0 Å². The molecule has 0 amide bonds. The van der Waals surface area contributed by atoms with Gasteiger partial charge in [-0.2, -0.15) is 5.26 Å². The van der Waals surface area contributed by atoms with Crippen molar-refractivity contribution in [1.29, 1.82) is 5.26 Å². The minimum Gasteiger partial charge on any atom is -0.503 e. The third-order valence-corrected chi connectivity index (χ3v) is 2.13. The first-order valence-corrected chi connectivity index (χ1v) is 4.08. The molecule has 0 unspecified atom stereocenters. The van der Waals surface area contributed by atoms with Gasteiger partial charge < -0.3 is 10.1 Å². The number of nitriles is 1. The lowest BCUT2D eigenvalue weighted by molar-refractivity contribution is 0.438. The van der Waals surface area contributed by atoms with Gasteiger partial charge in [0.25, 0.3) is 0 Å². The predicted octanol–water partition coefficient (Wildman–Crippen LogP) is 2.08. The number of nitrogens with zero attached hydrogens (tertiary/aromatic N) is 1. The van der Waals surface area contributed by atoms with Crippen LogP contribution in [0.3, 0.4) is 0 Å². The van der Waals surface area contributed by atoms with Crippen LogP contribution >= 0.6 is 0 Å². The number of aromatic nitrogens is 1. The largest absolute Gasteiger partial charge is 0.503 e. The maximum atomic E-state index is 12.9. The molecule has 4 heteroatoms. The van der Waals surface area contributed by atoms with Crippen LogP contribution in [0.2, 0.25) is 0 Å². The molecule has 1 heterocycles. The lowest BCUT2D eigenvalue weighted by atomic mass is 10.1. The lowest BCUT2D eigenvalue weighted by Gasteiger charge is -1.97. The summed E-state index contributed by atoms with van der Waals surface area (Å²) in [5.74, 6) is -1.06. The van der Waals surface area contributed by atoms with Crippen molar-refractivity contribution in [3.05, 3.63) is 29.7 Å². The highest BCUT2D eigenvalue weighted by Gasteiger charge is 2.10. The van der Waals surface area contributed by atoms with Crippen LogP contribution < -0.4 is 0 Å². The number of hydrogen-bond donors (Lipinski definition) is 2. The Hall–Kier alpha value is -2.02. The number of fused-ring (bicyclic) bond motifs is 1. The molecule has 0 saturated carbocycles. The summed E-state index contributed by atoms with van der Waals surface area (Å²) >= 11 is 0. The van der Waals surface area contributed by atoms with E-state index in [4.69, 9.17) is 5.26 Å². The molecular formula is C10H7FN2O. The second-order valence-electron chi connectivity index (χ2n) is 2.97. The molecule has 0 aliphatic carbocycles. The van der Waals surface area contributed by atoms with E-state index in [1.165, 1.54) is 6.07 Å². The molecule has 3 nitrogen and oxygen atoms in total. The standard InChI is InChI=1S/C10H7FN2O/c11-8-2-1-7-6(3-4-12)5-13-9(7)10(8)14/h1-2,5,13-14H,3H2. The summed E-state index contributed by atoms with van der Waals surface area (Å²) in [4.78, 5) is 2.74. The Morgan fingerprint density at radius 3 is 3.00 bits per heavy atom. The molecule has 14 heavy (non-hydrogen) atoms. The average Bonchev–Trinajstić information content (AvgIpc) is 2.57. The third-order valence-electron chi connectivity index (χ3n) is 2.13. The fourth-order valence-electron chi connectivity index (χ4n) is 1.45. The summed E-state index contributed by atoms with van der Waals surface area (Å²) in [6.07, 6.45) is 1.85. The van der Waals surface area contributed by atoms with Crippen molar-refractivity contribution in [3.8, 4) is 11.8 Å². The lowest BCUT2D eigenvalue weighted by Crippen LogP contribution is -1.80. The van der Waals surface area contributed by atoms with E-state index in [9.17, 15) is 9.50 Å². The van der Waals surface area contributed by atoms with Gasteiger partial charge >= 0.3 is 0 Å². The number of hydrogen-bond acceptors (Lipinski definition) is 2. The number of aromatic amines is 1. The summed E-state index contributed by atoms with van der Waals surface area (Å²) in [7, 11) is 0. The number of H-pyrrole nitrogens is 1. The zero-order valence-corrected chi connectivity index (χ0v) is 7.21. The molecule has 0 atom stereocenters. The van der Waals surface area contributed by atoms with E-state index < -0.39 is 11.6 Å². The first kappa shape index (κ1) is 8.57. The topological polar surface area (TPSA) is 59.8 Å². The van der Waals surface area contributed by atoms with Gasteiger partial charge in [0.05, 0.1) is 18.0 Å². The van der Waals surface area contributed by atoms with Crippen LogP contribution in [0.5, 0.6) is 5.75 Å². The van der Waals surface area contributed by atoms with E-state index in [2.05, 4.69) is 4.98 Å². The van der Waals surface area contributed by atoms with E-state index in [1.54, 1.807) is 12.3 Å². The summed E-state index contributed by atoms with van der Waals surface area (Å²) in [5.41, 5.74) is 1.10. The number of phenols is 1. The monoisotopic (exact) mass is 190 g/mol. The summed E-state index contributed by atoms with van der Waals surface area (Å²) < 4.78 is 12.9. The summed E-state index contributed by atoms with van der Waals surface area (Å²) in [6.45, 7) is 0. The van der Waals surface area contributed by atoms with Crippen LogP contribution in [0.25, 0.3) is 10.9 Å². The number of aromatic hydroxyl groups is 1. The first-order valence-electron chi connectivity index (χ1n) is 4.08. The van der Waals surface area contributed by atoms with Crippen LogP contribution in [-0.4, -0.2) is 10.1 Å². The van der Waals surface area contributed by atoms with Crippen molar-refractivity contribution in [2.45, 2.75) is 6.42 Å². The SMILES string of the molecule is N#CCc1c[nH]c2c(O)c(F)ccc12. The van der Waals surface area contributed by atoms with Gasteiger partial charge in [-0.3, -0.25) is 0 Å². The number of nitrogens with one attached hydrogen (secondary N) is 1. The predicted molar refractivity (Wildman–Crippen MR) is 49.2 cm³/mol. The Balaban J connectivity index is 2.72. The summed E-state index contributed by atoms with van der Waals surface area (Å²) in [6, 6.07) is 4.74. The number of phenolic OH excluding ortho intramolecular Hbond substituents is 1. The number of benzene rings is 1. The average molecular weight is 190 g/mol. The zero-order chi connectivity index (χ0) is 10.1. The van der Waals surface area contributed by atoms with E-state index in [-0.39, 0.29) is 6.42 Å². The van der Waals surface area contributed by atoms with E-state index in [1.807, 2.05) is 6.07 Å². The first-order chi connectivity index (χ1) is 6.74. The molecule has 2 N–H and O–H groups in total. The Labute approximate surface area is 79.4 Å². The van der Waals surface area contributed by atoms with Gasteiger partial charge in [-0.15, -0.1) is 0 Å². The van der Waals surface area contributed by atoms with Gasteiger partial charge in [0.2, 0.25) is 0 Å². The molecule has 0 bridgehead atoms. The van der Waals surface area contributed by atoms with Gasteiger partial charge in [0, 0.05) is 11.6 Å². The Kier molecular flexibility index (Phi) is 1.86. The van der Waals surface area contributed by atoms with Crippen molar-refractivity contribution in [2.24, 2.45) is 0 Å². The minimum atomic E-state index is -0.664. The normalized spacial score (nSPS) is 10.3. The second-order valence-corrected chi connectivity index (χ2v) is 2.97. The highest BCUT2D eigenvalue weighted by atomic mass is 19.1. The zero-order valence-electron chi connectivity index (χ0n) is 7.21. The van der Waals surface area contributed by atoms with Gasteiger partial charge in [-0.1, -0.05) is 0 Å². The Morgan fingerprint density at radius 1 is 1.50 bits per heavy atom. The highest BCUT2D eigenvalue weighted by molar-refractivity contribution is 5.88. The van der Waals surface area contributed by atoms with E-state index in [0.717, 1.165) is 5.56 Å². The number of halogens is 1. The van der Waals surface area contributed by atoms with Crippen LogP contribution in [0.4, 0.5) is 4.39 Å². The minimum absolute atomic E-state index is 0.241. The van der Waals surface area contributed by atoms with Crippen LogP contribution in [-0.2, 0) is 6.42 Å². The fourth-order valence-corrected chi connectivity index (χ4v) is 1.45. The molecule has 0 fully saturated rings. The van der Waals surface area contributed by atoms with E-state index in [0.29, 0.717) is 10.9 Å². The molecule has 0 spiro atoms.